The standard InChI is InChI=1S/C14H15N5O3S2.C12H14BrNO2/c1-8(16-9(2)20)10-3-5-11(6-4-10)12-7-19-13(17-12)23-14(18-19)24(15,21)22;1-8(14-9(2)15)10-3-5-11(6-4-10)12(16)7-13/h3-8H,1-2H3,(H,16,20)(H2,15,21,22);3-6,8H,7H2,1-2H3,(H,14,15)/t2*8-/m00/s1. The van der Waals surface area contributed by atoms with Gasteiger partial charge in [-0.1, -0.05) is 75.8 Å². The van der Waals surface area contributed by atoms with Gasteiger partial charge in [-0.05, 0) is 25.0 Å². The molecule has 4 N–H and O–H groups in total. The number of imidazole rings is 1. The third-order valence-corrected chi connectivity index (χ3v) is 8.41. The monoisotopic (exact) mass is 648 g/mol. The molecule has 0 radical (unpaired) electrons. The average Bonchev–Trinajstić information content (AvgIpc) is 3.48. The maximum absolute atomic E-state index is 11.4. The Bertz CT molecular complexity index is 1580. The van der Waals surface area contributed by atoms with Gasteiger partial charge in [0.25, 0.3) is 10.0 Å². The van der Waals surface area contributed by atoms with Crippen molar-refractivity contribution in [2.45, 2.75) is 44.1 Å². The Morgan fingerprint density at radius 3 is 1.88 bits per heavy atom. The highest BCUT2D eigenvalue weighted by molar-refractivity contribution is 9.09. The van der Waals surface area contributed by atoms with Crippen LogP contribution in [0.1, 0.15) is 61.3 Å². The second-order valence-electron chi connectivity index (χ2n) is 8.91. The molecule has 0 fully saturated rings. The fraction of sp³-hybridized carbons (Fsp3) is 0.269. The van der Waals surface area contributed by atoms with E-state index < -0.39 is 10.0 Å². The molecule has 40 heavy (non-hydrogen) atoms. The zero-order valence-electron chi connectivity index (χ0n) is 22.2. The first-order valence-corrected chi connectivity index (χ1v) is 15.5. The quantitative estimate of drug-likeness (QED) is 0.193. The van der Waals surface area contributed by atoms with E-state index in [4.69, 9.17) is 5.14 Å². The topological polar surface area (TPSA) is 166 Å². The van der Waals surface area contributed by atoms with E-state index >= 15 is 0 Å². The van der Waals surface area contributed by atoms with Gasteiger partial charge in [-0.2, -0.15) is 0 Å². The van der Waals surface area contributed by atoms with Crippen LogP contribution in [-0.4, -0.2) is 45.9 Å². The zero-order chi connectivity index (χ0) is 29.6. The summed E-state index contributed by atoms with van der Waals surface area (Å²) in [5.41, 5.74) is 4.18. The van der Waals surface area contributed by atoms with Gasteiger partial charge in [-0.25, -0.2) is 23.1 Å². The van der Waals surface area contributed by atoms with E-state index in [9.17, 15) is 22.8 Å². The largest absolute Gasteiger partial charge is 0.350 e. The van der Waals surface area contributed by atoms with Crippen molar-refractivity contribution in [3.63, 3.8) is 0 Å². The van der Waals surface area contributed by atoms with Crippen LogP contribution in [-0.2, 0) is 19.6 Å². The molecule has 14 heteroatoms. The Balaban J connectivity index is 0.000000241. The van der Waals surface area contributed by atoms with Gasteiger partial charge in [-0.3, -0.25) is 14.4 Å². The molecular weight excluding hydrogens is 620 g/mol. The van der Waals surface area contributed by atoms with E-state index in [0.29, 0.717) is 21.5 Å². The highest BCUT2D eigenvalue weighted by Crippen LogP contribution is 2.25. The van der Waals surface area contributed by atoms with Crippen LogP contribution in [0.2, 0.25) is 0 Å². The lowest BCUT2D eigenvalue weighted by Gasteiger charge is -2.12. The minimum Gasteiger partial charge on any atom is -0.350 e. The molecule has 0 aliphatic rings. The molecular formula is C26H29BrN6O5S2. The molecule has 0 aliphatic heterocycles. The summed E-state index contributed by atoms with van der Waals surface area (Å²) in [6.07, 6.45) is 1.65. The number of ketones is 1. The number of Topliss-reactive ketones (excluding diaryl/α,β-unsaturated/α-hetero) is 1. The molecule has 4 aromatic rings. The number of primary sulfonamides is 1. The predicted molar refractivity (Wildman–Crippen MR) is 157 cm³/mol. The molecule has 11 nitrogen and oxygen atoms in total. The summed E-state index contributed by atoms with van der Waals surface area (Å²) < 4.78 is 23.8. The summed E-state index contributed by atoms with van der Waals surface area (Å²) in [6, 6.07) is 14.7. The Hall–Kier alpha value is -3.46. The summed E-state index contributed by atoms with van der Waals surface area (Å²) in [5.74, 6) is -0.0931. The summed E-state index contributed by atoms with van der Waals surface area (Å²) in [4.78, 5) is 38.2. The van der Waals surface area contributed by atoms with Gasteiger partial charge in [0.05, 0.1) is 29.3 Å². The first-order chi connectivity index (χ1) is 18.8. The first-order valence-electron chi connectivity index (χ1n) is 12.0. The molecule has 4 rings (SSSR count). The molecule has 2 aromatic carbocycles. The molecule has 2 atom stereocenters. The Morgan fingerprint density at radius 1 is 0.950 bits per heavy atom. The Morgan fingerprint density at radius 2 is 1.45 bits per heavy atom. The number of amides is 2. The molecule has 2 amide bonds. The lowest BCUT2D eigenvalue weighted by Crippen LogP contribution is -2.23. The summed E-state index contributed by atoms with van der Waals surface area (Å²) in [6.45, 7) is 6.77. The molecule has 0 saturated heterocycles. The summed E-state index contributed by atoms with van der Waals surface area (Å²) in [7, 11) is -3.83. The number of nitrogens with one attached hydrogen (secondary N) is 2. The van der Waals surface area contributed by atoms with Crippen LogP contribution in [0.15, 0.2) is 59.1 Å². The smallest absolute Gasteiger partial charge is 0.267 e. The molecule has 0 unspecified atom stereocenters. The van der Waals surface area contributed by atoms with Gasteiger partial charge in [-0.15, -0.1) is 5.10 Å². The molecule has 0 spiro atoms. The van der Waals surface area contributed by atoms with Crippen LogP contribution in [0, 0.1) is 0 Å². The van der Waals surface area contributed by atoms with Gasteiger partial charge in [0.15, 0.2) is 5.78 Å². The molecule has 212 valence electrons. The highest BCUT2D eigenvalue weighted by atomic mass is 79.9. The van der Waals surface area contributed by atoms with Gasteiger partial charge in [0, 0.05) is 25.0 Å². The van der Waals surface area contributed by atoms with Crippen molar-refractivity contribution < 1.29 is 22.8 Å². The van der Waals surface area contributed by atoms with E-state index in [1.807, 2.05) is 50.2 Å². The van der Waals surface area contributed by atoms with E-state index in [1.54, 1.807) is 18.3 Å². The molecule has 0 saturated carbocycles. The molecule has 2 aromatic heterocycles. The third-order valence-electron chi connectivity index (χ3n) is 5.67. The number of benzene rings is 2. The number of nitrogens with two attached hydrogens (primary N) is 1. The van der Waals surface area contributed by atoms with E-state index in [0.717, 1.165) is 28.0 Å². The van der Waals surface area contributed by atoms with Crippen molar-refractivity contribution in [1.82, 2.24) is 25.2 Å². The number of hydrogen-bond donors (Lipinski definition) is 3. The predicted octanol–water partition coefficient (Wildman–Crippen LogP) is 3.76. The fourth-order valence-electron chi connectivity index (χ4n) is 3.69. The Labute approximate surface area is 244 Å². The second-order valence-corrected chi connectivity index (χ2v) is 12.2. The lowest BCUT2D eigenvalue weighted by atomic mass is 10.0. The number of aromatic nitrogens is 3. The molecule has 0 aliphatic carbocycles. The van der Waals surface area contributed by atoms with Crippen molar-refractivity contribution in [2.75, 3.05) is 5.33 Å². The zero-order valence-corrected chi connectivity index (χ0v) is 25.4. The minimum atomic E-state index is -3.83. The first kappa shape index (κ1) is 31.1. The van der Waals surface area contributed by atoms with Crippen molar-refractivity contribution in [1.29, 1.82) is 0 Å². The van der Waals surface area contributed by atoms with Crippen LogP contribution >= 0.6 is 27.3 Å². The van der Waals surface area contributed by atoms with Crippen LogP contribution in [0.25, 0.3) is 16.2 Å². The maximum Gasteiger partial charge on any atom is 0.267 e. The van der Waals surface area contributed by atoms with Crippen LogP contribution < -0.4 is 15.8 Å². The number of carbonyl (C=O) groups excluding carboxylic acids is 3. The second kappa shape index (κ2) is 13.3. The fourth-order valence-corrected chi connectivity index (χ4v) is 5.52. The van der Waals surface area contributed by atoms with Gasteiger partial charge in [0.1, 0.15) is 0 Å². The van der Waals surface area contributed by atoms with Gasteiger partial charge >= 0.3 is 0 Å². The maximum atomic E-state index is 11.4. The minimum absolute atomic E-state index is 0.0365. The summed E-state index contributed by atoms with van der Waals surface area (Å²) >= 11 is 4.04. The molecule has 0 bridgehead atoms. The highest BCUT2D eigenvalue weighted by Gasteiger charge is 2.17. The van der Waals surface area contributed by atoms with Crippen molar-refractivity contribution in [2.24, 2.45) is 5.14 Å². The van der Waals surface area contributed by atoms with Crippen LogP contribution in [0.3, 0.4) is 0 Å². The van der Waals surface area contributed by atoms with E-state index in [1.165, 1.54) is 18.4 Å². The van der Waals surface area contributed by atoms with Crippen LogP contribution in [0.4, 0.5) is 0 Å². The van der Waals surface area contributed by atoms with Crippen LogP contribution in [0.5, 0.6) is 0 Å². The number of alkyl halides is 1. The summed E-state index contributed by atoms with van der Waals surface area (Å²) in [5, 5.41) is 14.9. The van der Waals surface area contributed by atoms with E-state index in [2.05, 4.69) is 36.6 Å². The van der Waals surface area contributed by atoms with Crippen molar-refractivity contribution >= 4 is 59.8 Å². The number of halogens is 1. The number of carbonyl (C=O) groups is 3. The van der Waals surface area contributed by atoms with Crippen molar-refractivity contribution in [3.05, 3.63) is 71.4 Å². The molecule has 2 heterocycles. The van der Waals surface area contributed by atoms with E-state index in [-0.39, 0.29) is 34.0 Å². The van der Waals surface area contributed by atoms with Gasteiger partial charge < -0.3 is 10.6 Å². The SMILES string of the molecule is CC(=O)N[C@@H](C)c1ccc(-c2cn3nc(S(N)(=O)=O)sc3n2)cc1.CC(=O)N[C@@H](C)c1ccc(C(=O)CBr)cc1. The number of sulfonamides is 1. The number of nitrogens with zero attached hydrogens (tertiary/aromatic N) is 3. The number of hydrogen-bond acceptors (Lipinski definition) is 8. The third kappa shape index (κ3) is 8.27. The number of rotatable bonds is 8. The van der Waals surface area contributed by atoms with Gasteiger partial charge in [0.2, 0.25) is 21.1 Å². The average molecular weight is 650 g/mol. The lowest BCUT2D eigenvalue weighted by molar-refractivity contribution is -0.120. The van der Waals surface area contributed by atoms with Crippen molar-refractivity contribution in [3.8, 4) is 11.3 Å². The number of fused-ring (bicyclic) bond motifs is 1. The Kier molecular flexibility index (Phi) is 10.3. The normalized spacial score (nSPS) is 12.7.